The van der Waals surface area contributed by atoms with Gasteiger partial charge in [-0.25, -0.2) is 0 Å². The van der Waals surface area contributed by atoms with E-state index in [9.17, 15) is 9.90 Å². The summed E-state index contributed by atoms with van der Waals surface area (Å²) < 4.78 is 5.33. The van der Waals surface area contributed by atoms with E-state index < -0.39 is 11.4 Å². The van der Waals surface area contributed by atoms with Crippen molar-refractivity contribution in [1.82, 2.24) is 4.98 Å². The highest BCUT2D eigenvalue weighted by Crippen LogP contribution is 2.38. The number of halogens is 1. The largest absolute Gasteiger partial charge is 0.497 e. The molecule has 1 unspecified atom stereocenters. The zero-order chi connectivity index (χ0) is 23.5. The Labute approximate surface area is 193 Å². The van der Waals surface area contributed by atoms with Crippen LogP contribution in [0, 0.1) is 0 Å². The topological polar surface area (TPSA) is 97.5 Å². The number of anilines is 1. The highest BCUT2D eigenvalue weighted by atomic mass is 35.5. The van der Waals surface area contributed by atoms with Crippen LogP contribution in [0.15, 0.2) is 60.8 Å². The number of pyridine rings is 1. The number of carbonyl (C=O) groups is 1. The lowest BCUT2D eigenvalue weighted by Crippen LogP contribution is -2.42. The Morgan fingerprint density at radius 1 is 1.12 bits per heavy atom. The van der Waals surface area contributed by atoms with Gasteiger partial charge in [-0.05, 0) is 40.8 Å². The number of hydrogen-bond donors (Lipinski definition) is 3. The molecule has 0 aliphatic heterocycles. The summed E-state index contributed by atoms with van der Waals surface area (Å²) >= 11 is 6.54. The van der Waals surface area contributed by atoms with Crippen LogP contribution in [0.2, 0.25) is 5.02 Å². The molecule has 1 amide bonds. The highest BCUT2D eigenvalue weighted by Gasteiger charge is 2.38. The van der Waals surface area contributed by atoms with Crippen LogP contribution in [0.4, 0.5) is 5.69 Å². The normalized spacial score (nSPS) is 13.3. The second-order valence-electron chi connectivity index (χ2n) is 8.63. The number of aliphatic hydroxyl groups excluding tert-OH is 1. The Morgan fingerprint density at radius 2 is 1.78 bits per heavy atom. The smallest absolute Gasteiger partial charge is 0.250 e. The number of nitrogens with two attached hydrogens (primary N) is 1. The minimum atomic E-state index is -1.24. The number of nitrogens with zero attached hydrogens (tertiary/aromatic N) is 1. The molecular weight excluding hydrogens is 426 g/mol. The molecule has 0 aliphatic carbocycles. The van der Waals surface area contributed by atoms with Gasteiger partial charge in [0.05, 0.1) is 35.7 Å². The molecule has 7 heteroatoms. The van der Waals surface area contributed by atoms with E-state index in [1.165, 1.54) is 7.11 Å². The molecule has 1 atom stereocenters. The van der Waals surface area contributed by atoms with Gasteiger partial charge in [-0.15, -0.1) is 0 Å². The van der Waals surface area contributed by atoms with Crippen molar-refractivity contribution in [2.45, 2.75) is 31.7 Å². The fraction of sp³-hybridized carbons (Fsp3) is 0.280. The van der Waals surface area contributed by atoms with Crippen molar-refractivity contribution >= 4 is 23.2 Å². The van der Waals surface area contributed by atoms with Crippen LogP contribution in [-0.4, -0.2) is 29.7 Å². The Balaban J connectivity index is 2.25. The summed E-state index contributed by atoms with van der Waals surface area (Å²) in [7, 11) is 1.53. The Bertz CT molecular complexity index is 1110. The molecule has 0 aliphatic rings. The average Bonchev–Trinajstić information content (AvgIpc) is 2.77. The molecule has 32 heavy (non-hydrogen) atoms. The van der Waals surface area contributed by atoms with Gasteiger partial charge in [0.1, 0.15) is 11.3 Å². The lowest BCUT2D eigenvalue weighted by atomic mass is 9.82. The number of hydrogen-bond acceptors (Lipinski definition) is 5. The van der Waals surface area contributed by atoms with Gasteiger partial charge in [-0.3, -0.25) is 9.78 Å². The predicted octanol–water partition coefficient (Wildman–Crippen LogP) is 4.49. The molecule has 0 radical (unpaired) electrons. The summed E-state index contributed by atoms with van der Waals surface area (Å²) in [6, 6.07) is 16.2. The van der Waals surface area contributed by atoms with E-state index >= 15 is 0 Å². The van der Waals surface area contributed by atoms with Gasteiger partial charge in [0.25, 0.3) is 5.91 Å². The molecule has 2 aromatic carbocycles. The van der Waals surface area contributed by atoms with E-state index in [1.54, 1.807) is 36.5 Å². The zero-order valence-electron chi connectivity index (χ0n) is 18.6. The number of aliphatic hydroxyl groups is 1. The van der Waals surface area contributed by atoms with E-state index in [2.05, 4.69) is 31.1 Å². The van der Waals surface area contributed by atoms with Crippen LogP contribution in [0.5, 0.6) is 5.75 Å². The first-order valence-electron chi connectivity index (χ1n) is 10.2. The summed E-state index contributed by atoms with van der Waals surface area (Å²) in [4.78, 5) is 16.6. The maximum atomic E-state index is 12.1. The first kappa shape index (κ1) is 23.6. The number of aromatic nitrogens is 1. The summed E-state index contributed by atoms with van der Waals surface area (Å²) in [5, 5.41) is 14.4. The van der Waals surface area contributed by atoms with Crippen molar-refractivity contribution in [1.29, 1.82) is 0 Å². The van der Waals surface area contributed by atoms with Gasteiger partial charge in [0, 0.05) is 12.3 Å². The quantitative estimate of drug-likeness (QED) is 0.489. The number of carbonyl (C=O) groups excluding carboxylic acids is 1. The van der Waals surface area contributed by atoms with Gasteiger partial charge < -0.3 is 20.9 Å². The summed E-state index contributed by atoms with van der Waals surface area (Å²) in [5.74, 6) is -0.0864. The van der Waals surface area contributed by atoms with Crippen LogP contribution < -0.4 is 15.8 Å². The van der Waals surface area contributed by atoms with E-state index in [0.29, 0.717) is 22.2 Å². The maximum absolute atomic E-state index is 12.1. The number of benzene rings is 2. The van der Waals surface area contributed by atoms with Crippen LogP contribution in [0.1, 0.15) is 48.0 Å². The Morgan fingerprint density at radius 3 is 2.31 bits per heavy atom. The molecule has 6 nitrogen and oxygen atoms in total. The maximum Gasteiger partial charge on any atom is 0.250 e. The van der Waals surface area contributed by atoms with Gasteiger partial charge >= 0.3 is 0 Å². The van der Waals surface area contributed by atoms with Crippen molar-refractivity contribution in [2.75, 3.05) is 19.0 Å². The van der Waals surface area contributed by atoms with Crippen molar-refractivity contribution in [3.05, 3.63) is 88.2 Å². The lowest BCUT2D eigenvalue weighted by molar-refractivity contribution is 0.100. The molecule has 1 aromatic heterocycles. The third-order valence-corrected chi connectivity index (χ3v) is 5.79. The summed E-state index contributed by atoms with van der Waals surface area (Å²) in [6.07, 6.45) is 1.61. The first-order valence-corrected chi connectivity index (χ1v) is 10.6. The number of rotatable bonds is 7. The average molecular weight is 454 g/mol. The van der Waals surface area contributed by atoms with Gasteiger partial charge in [0.15, 0.2) is 0 Å². The summed E-state index contributed by atoms with van der Waals surface area (Å²) in [5.41, 5.74) is 7.27. The number of nitrogens with one attached hydrogen (secondary N) is 1. The fourth-order valence-electron chi connectivity index (χ4n) is 3.63. The Kier molecular flexibility index (Phi) is 6.77. The highest BCUT2D eigenvalue weighted by molar-refractivity contribution is 6.31. The second-order valence-corrected chi connectivity index (χ2v) is 9.03. The molecule has 168 valence electrons. The minimum Gasteiger partial charge on any atom is -0.497 e. The third kappa shape index (κ3) is 4.56. The fourth-order valence-corrected chi connectivity index (χ4v) is 3.91. The number of primary amides is 1. The summed E-state index contributed by atoms with van der Waals surface area (Å²) in [6.45, 7) is 6.01. The van der Waals surface area contributed by atoms with Crippen LogP contribution in [0.25, 0.3) is 0 Å². The van der Waals surface area contributed by atoms with Gasteiger partial charge in [0.2, 0.25) is 0 Å². The standard InChI is InChI=1S/C25H28ClN3O3/c1-24(2,3)16-7-9-17(10-8-16)25(15-30,22-20(26)6-5-13-28-22)29-21-14-18(32-4)11-12-19(21)23(27)31/h5-14,29-30H,15H2,1-4H3,(H2,27,31). The predicted molar refractivity (Wildman–Crippen MR) is 127 cm³/mol. The van der Waals surface area contributed by atoms with Crippen molar-refractivity contribution < 1.29 is 14.6 Å². The molecular formula is C25H28ClN3O3. The third-order valence-electron chi connectivity index (χ3n) is 5.48. The monoisotopic (exact) mass is 453 g/mol. The second kappa shape index (κ2) is 9.18. The zero-order valence-corrected chi connectivity index (χ0v) is 19.4. The molecule has 0 saturated heterocycles. The van der Waals surface area contributed by atoms with Crippen molar-refractivity contribution in [3.63, 3.8) is 0 Å². The van der Waals surface area contributed by atoms with Crippen LogP contribution >= 0.6 is 11.6 Å². The van der Waals surface area contributed by atoms with E-state index in [4.69, 9.17) is 22.1 Å². The molecule has 3 aromatic rings. The molecule has 0 saturated carbocycles. The van der Waals surface area contributed by atoms with E-state index in [1.807, 2.05) is 24.3 Å². The van der Waals surface area contributed by atoms with E-state index in [-0.39, 0.29) is 17.6 Å². The van der Waals surface area contributed by atoms with Crippen LogP contribution in [-0.2, 0) is 11.0 Å². The lowest BCUT2D eigenvalue weighted by Gasteiger charge is -2.36. The SMILES string of the molecule is COc1ccc(C(N)=O)c(NC(CO)(c2ccc(C(C)(C)C)cc2)c2ncccc2Cl)c1. The molecule has 1 heterocycles. The Hall–Kier alpha value is -3.09. The molecule has 4 N–H and O–H groups in total. The van der Waals surface area contributed by atoms with Crippen LogP contribution in [0.3, 0.4) is 0 Å². The number of methoxy groups -OCH3 is 1. The van der Waals surface area contributed by atoms with Gasteiger partial charge in [-0.2, -0.15) is 0 Å². The van der Waals surface area contributed by atoms with Crippen molar-refractivity contribution in [2.24, 2.45) is 5.73 Å². The minimum absolute atomic E-state index is 0.0393. The first-order chi connectivity index (χ1) is 15.1. The van der Waals surface area contributed by atoms with E-state index in [0.717, 1.165) is 11.1 Å². The molecule has 3 rings (SSSR count). The molecule has 0 fully saturated rings. The number of ether oxygens (including phenoxy) is 1. The number of amides is 1. The van der Waals surface area contributed by atoms with Crippen molar-refractivity contribution in [3.8, 4) is 5.75 Å². The van der Waals surface area contributed by atoms with Gasteiger partial charge in [-0.1, -0.05) is 56.6 Å². The molecule has 0 bridgehead atoms. The molecule has 0 spiro atoms.